The van der Waals surface area contributed by atoms with Gasteiger partial charge in [-0.2, -0.15) is 0 Å². The Balaban J connectivity index is 2.10. The zero-order chi connectivity index (χ0) is 24.5. The Bertz CT molecular complexity index is 1440. The van der Waals surface area contributed by atoms with Gasteiger partial charge in [0.25, 0.3) is 0 Å². The minimum absolute atomic E-state index is 0.00278. The summed E-state index contributed by atoms with van der Waals surface area (Å²) in [6, 6.07) is 23.1. The second kappa shape index (κ2) is 9.46. The molecule has 0 aliphatic rings. The van der Waals surface area contributed by atoms with Gasteiger partial charge in [-0.3, -0.25) is 0 Å². The highest BCUT2D eigenvalue weighted by Gasteiger charge is 2.28. The Labute approximate surface area is 203 Å². The maximum Gasteiger partial charge on any atom is 0.340 e. The fraction of sp³-hybridized carbons (Fsp3) is 0.115. The first kappa shape index (κ1) is 23.8. The zero-order valence-corrected chi connectivity index (χ0v) is 20.2. The number of sulfonamides is 1. The van der Waals surface area contributed by atoms with Gasteiger partial charge in [-0.1, -0.05) is 54.1 Å². The van der Waals surface area contributed by atoms with E-state index in [-0.39, 0.29) is 11.5 Å². The van der Waals surface area contributed by atoms with Gasteiger partial charge in [-0.05, 0) is 61.4 Å². The van der Waals surface area contributed by atoms with Gasteiger partial charge in [0, 0.05) is 22.0 Å². The van der Waals surface area contributed by atoms with Gasteiger partial charge >= 0.3 is 5.97 Å². The molecule has 1 heterocycles. The summed E-state index contributed by atoms with van der Waals surface area (Å²) in [7, 11) is -3.84. The molecule has 6 nitrogen and oxygen atoms in total. The minimum Gasteiger partial charge on any atom is -0.462 e. The van der Waals surface area contributed by atoms with Crippen LogP contribution in [0, 0.1) is 6.92 Å². The largest absolute Gasteiger partial charge is 0.462 e. The third kappa shape index (κ3) is 4.50. The molecule has 0 aliphatic heterocycles. The quantitative estimate of drug-likeness (QED) is 0.353. The van der Waals surface area contributed by atoms with Crippen molar-refractivity contribution in [3.63, 3.8) is 0 Å². The molecule has 0 spiro atoms. The van der Waals surface area contributed by atoms with E-state index >= 15 is 0 Å². The molecule has 0 aliphatic carbocycles. The number of esters is 1. The smallest absolute Gasteiger partial charge is 0.340 e. The topological polar surface area (TPSA) is 91.4 Å². The van der Waals surface area contributed by atoms with Crippen LogP contribution in [0.4, 0.5) is 0 Å². The molecule has 34 heavy (non-hydrogen) atoms. The molecule has 3 aromatic carbocycles. The monoisotopic (exact) mass is 494 g/mol. The molecular formula is C26H23ClN2O4S. The standard InChI is InChI=1S/C26H23ClN2O4S/c1-3-33-26(30)23-17(2)29(21-13-15-22(16-14-21)34(28,31)32)25(19-9-11-20(27)12-10-19)24(23)18-7-5-4-6-8-18/h4-16H,3H2,1-2H3,(H2,28,31,32). The van der Waals surface area contributed by atoms with Crippen LogP contribution in [0.15, 0.2) is 83.8 Å². The summed E-state index contributed by atoms with van der Waals surface area (Å²) in [6.45, 7) is 3.83. The summed E-state index contributed by atoms with van der Waals surface area (Å²) in [5.41, 5.74) is 4.92. The number of carbonyl (C=O) groups excluding carboxylic acids is 1. The van der Waals surface area contributed by atoms with Crippen LogP contribution in [0.5, 0.6) is 0 Å². The van der Waals surface area contributed by atoms with Gasteiger partial charge in [-0.25, -0.2) is 18.4 Å². The lowest BCUT2D eigenvalue weighted by Crippen LogP contribution is -2.12. The van der Waals surface area contributed by atoms with E-state index < -0.39 is 16.0 Å². The molecular weight excluding hydrogens is 472 g/mol. The predicted octanol–water partition coefficient (Wildman–Crippen LogP) is 5.60. The predicted molar refractivity (Wildman–Crippen MR) is 134 cm³/mol. The summed E-state index contributed by atoms with van der Waals surface area (Å²) >= 11 is 6.15. The highest BCUT2D eigenvalue weighted by atomic mass is 35.5. The molecule has 4 aromatic rings. The van der Waals surface area contributed by atoms with Crippen molar-refractivity contribution in [2.24, 2.45) is 5.14 Å². The highest BCUT2D eigenvalue weighted by molar-refractivity contribution is 7.89. The summed E-state index contributed by atoms with van der Waals surface area (Å²) in [5.74, 6) is -0.436. The number of nitrogens with zero attached hydrogens (tertiary/aromatic N) is 1. The van der Waals surface area contributed by atoms with Crippen molar-refractivity contribution in [1.82, 2.24) is 4.57 Å². The van der Waals surface area contributed by atoms with Crippen LogP contribution < -0.4 is 5.14 Å². The zero-order valence-electron chi connectivity index (χ0n) is 18.7. The number of ether oxygens (including phenoxy) is 1. The number of rotatable bonds is 6. The van der Waals surface area contributed by atoms with Crippen molar-refractivity contribution >= 4 is 27.6 Å². The Morgan fingerprint density at radius 1 is 0.941 bits per heavy atom. The van der Waals surface area contributed by atoms with Crippen LogP contribution in [0.25, 0.3) is 28.1 Å². The van der Waals surface area contributed by atoms with Crippen molar-refractivity contribution in [2.45, 2.75) is 18.7 Å². The molecule has 0 fully saturated rings. The number of nitrogens with two attached hydrogens (primary N) is 1. The van der Waals surface area contributed by atoms with Crippen molar-refractivity contribution in [2.75, 3.05) is 6.61 Å². The SMILES string of the molecule is CCOC(=O)c1c(-c2ccccc2)c(-c2ccc(Cl)cc2)n(-c2ccc(S(N)(=O)=O)cc2)c1C. The lowest BCUT2D eigenvalue weighted by Gasteiger charge is -2.14. The third-order valence-corrected chi connectivity index (χ3v) is 6.67. The van der Waals surface area contributed by atoms with Gasteiger partial charge in [-0.15, -0.1) is 0 Å². The number of hydrogen-bond donors (Lipinski definition) is 1. The second-order valence-electron chi connectivity index (χ2n) is 7.65. The van der Waals surface area contributed by atoms with E-state index in [4.69, 9.17) is 21.5 Å². The van der Waals surface area contributed by atoms with Crippen molar-refractivity contribution in [3.8, 4) is 28.1 Å². The summed E-state index contributed by atoms with van der Waals surface area (Å²) < 4.78 is 30.9. The average molecular weight is 495 g/mol. The number of halogens is 1. The van der Waals surface area contributed by atoms with Crippen LogP contribution in [-0.2, 0) is 14.8 Å². The summed E-state index contributed by atoms with van der Waals surface area (Å²) in [6.07, 6.45) is 0. The molecule has 0 radical (unpaired) electrons. The van der Waals surface area contributed by atoms with E-state index in [1.807, 2.05) is 54.0 Å². The van der Waals surface area contributed by atoms with Crippen LogP contribution in [-0.4, -0.2) is 25.6 Å². The minimum atomic E-state index is -3.84. The van der Waals surface area contributed by atoms with Gasteiger partial charge < -0.3 is 9.30 Å². The molecule has 0 amide bonds. The van der Waals surface area contributed by atoms with Crippen molar-refractivity contribution < 1.29 is 17.9 Å². The van der Waals surface area contributed by atoms with Crippen LogP contribution in [0.2, 0.25) is 5.02 Å². The normalized spacial score (nSPS) is 11.4. The van der Waals surface area contributed by atoms with E-state index in [1.165, 1.54) is 12.1 Å². The molecule has 1 aromatic heterocycles. The van der Waals surface area contributed by atoms with E-state index in [2.05, 4.69) is 0 Å². The maximum absolute atomic E-state index is 13.2. The van der Waals surface area contributed by atoms with Crippen molar-refractivity contribution in [3.05, 3.63) is 95.1 Å². The molecule has 8 heteroatoms. The van der Waals surface area contributed by atoms with Crippen molar-refractivity contribution in [1.29, 1.82) is 0 Å². The third-order valence-electron chi connectivity index (χ3n) is 5.49. The van der Waals surface area contributed by atoms with E-state index in [1.54, 1.807) is 31.2 Å². The number of carbonyl (C=O) groups is 1. The first-order chi connectivity index (χ1) is 16.2. The van der Waals surface area contributed by atoms with Crippen LogP contribution >= 0.6 is 11.6 Å². The molecule has 0 saturated carbocycles. The molecule has 0 bridgehead atoms. The van der Waals surface area contributed by atoms with Gasteiger partial charge in [0.15, 0.2) is 0 Å². The number of benzene rings is 3. The van der Waals surface area contributed by atoms with Crippen LogP contribution in [0.3, 0.4) is 0 Å². The lowest BCUT2D eigenvalue weighted by molar-refractivity contribution is 0.0526. The van der Waals surface area contributed by atoms with E-state index in [0.29, 0.717) is 22.0 Å². The van der Waals surface area contributed by atoms with Crippen LogP contribution in [0.1, 0.15) is 23.0 Å². The lowest BCUT2D eigenvalue weighted by atomic mass is 9.97. The average Bonchev–Trinajstić information content (AvgIpc) is 3.12. The molecule has 174 valence electrons. The Morgan fingerprint density at radius 3 is 2.12 bits per heavy atom. The van der Waals surface area contributed by atoms with Gasteiger partial charge in [0.05, 0.1) is 22.8 Å². The summed E-state index contributed by atoms with van der Waals surface area (Å²) in [5, 5.41) is 5.87. The molecule has 0 atom stereocenters. The highest BCUT2D eigenvalue weighted by Crippen LogP contribution is 2.41. The maximum atomic E-state index is 13.2. The number of aromatic nitrogens is 1. The Morgan fingerprint density at radius 2 is 1.56 bits per heavy atom. The number of primary sulfonamides is 1. The number of hydrogen-bond acceptors (Lipinski definition) is 4. The molecule has 0 unspecified atom stereocenters. The summed E-state index contributed by atoms with van der Waals surface area (Å²) in [4.78, 5) is 13.2. The fourth-order valence-corrected chi connectivity index (χ4v) is 4.66. The Hall–Kier alpha value is -3.39. The molecule has 0 saturated heterocycles. The first-order valence-electron chi connectivity index (χ1n) is 10.6. The Kier molecular flexibility index (Phi) is 6.61. The van der Waals surface area contributed by atoms with Gasteiger partial charge in [0.1, 0.15) is 0 Å². The molecule has 2 N–H and O–H groups in total. The van der Waals surface area contributed by atoms with E-state index in [0.717, 1.165) is 22.4 Å². The molecule has 4 rings (SSSR count). The van der Waals surface area contributed by atoms with Gasteiger partial charge in [0.2, 0.25) is 10.0 Å². The van der Waals surface area contributed by atoms with E-state index in [9.17, 15) is 13.2 Å². The first-order valence-corrected chi connectivity index (χ1v) is 12.5. The fourth-order valence-electron chi connectivity index (χ4n) is 4.02. The second-order valence-corrected chi connectivity index (χ2v) is 9.65.